The lowest BCUT2D eigenvalue weighted by Crippen LogP contribution is -2.12. The van der Waals surface area contributed by atoms with Crippen LogP contribution in [0.3, 0.4) is 0 Å². The molecule has 240 valence electrons. The Morgan fingerprint density at radius 2 is 0.850 bits per heavy atom. The molecule has 1 atom stereocenters. The second-order valence-electron chi connectivity index (χ2n) is 12.3. The maximum absolute atomic E-state index is 11.0. The van der Waals surface area contributed by atoms with E-state index in [2.05, 4.69) is 26.0 Å². The van der Waals surface area contributed by atoms with Crippen molar-refractivity contribution >= 4 is 10.4 Å². The second kappa shape index (κ2) is 31.5. The highest BCUT2D eigenvalue weighted by Crippen LogP contribution is 2.18. The summed E-state index contributed by atoms with van der Waals surface area (Å²) < 4.78 is 35.7. The van der Waals surface area contributed by atoms with Crippen LogP contribution in [0.4, 0.5) is 0 Å². The Bertz CT molecular complexity index is 617. The van der Waals surface area contributed by atoms with Crippen molar-refractivity contribution in [3.63, 3.8) is 0 Å². The third-order valence-electron chi connectivity index (χ3n) is 8.24. The molecule has 5 heteroatoms. The van der Waals surface area contributed by atoms with E-state index >= 15 is 0 Å². The number of unbranched alkanes of at least 4 members (excludes halogenated alkanes) is 26. The first-order chi connectivity index (χ1) is 19.5. The van der Waals surface area contributed by atoms with Crippen molar-refractivity contribution < 1.29 is 17.2 Å². The number of allylic oxidation sites excluding steroid dienone is 1. The van der Waals surface area contributed by atoms with Crippen LogP contribution in [0.2, 0.25) is 0 Å². The second-order valence-corrected chi connectivity index (χ2v) is 13.4. The van der Waals surface area contributed by atoms with E-state index in [0.29, 0.717) is 0 Å². The van der Waals surface area contributed by atoms with Gasteiger partial charge in [-0.05, 0) is 19.3 Å². The van der Waals surface area contributed by atoms with Crippen LogP contribution in [0, 0.1) is 5.92 Å². The SMILES string of the molecule is CCCCCCCCCCCCCCCCCCCC/C=C/C(CCCCCCCCCCC)COS(=O)(=O)O. The molecular formula is C35H70O4S. The summed E-state index contributed by atoms with van der Waals surface area (Å²) in [5.41, 5.74) is 0. The van der Waals surface area contributed by atoms with Crippen LogP contribution in [-0.2, 0) is 14.6 Å². The van der Waals surface area contributed by atoms with Crippen molar-refractivity contribution in [3.05, 3.63) is 12.2 Å². The van der Waals surface area contributed by atoms with Gasteiger partial charge in [0.2, 0.25) is 0 Å². The largest absolute Gasteiger partial charge is 0.397 e. The fourth-order valence-corrected chi connectivity index (χ4v) is 5.92. The highest BCUT2D eigenvalue weighted by atomic mass is 32.3. The summed E-state index contributed by atoms with van der Waals surface area (Å²) >= 11 is 0. The molecule has 0 heterocycles. The fourth-order valence-electron chi connectivity index (χ4n) is 5.58. The summed E-state index contributed by atoms with van der Waals surface area (Å²) in [6.45, 7) is 4.58. The molecule has 0 saturated heterocycles. The zero-order valence-corrected chi connectivity index (χ0v) is 27.8. The molecule has 0 aromatic carbocycles. The zero-order chi connectivity index (χ0) is 29.4. The molecule has 40 heavy (non-hydrogen) atoms. The first-order valence-corrected chi connectivity index (χ1v) is 19.1. The van der Waals surface area contributed by atoms with Crippen LogP contribution in [0.25, 0.3) is 0 Å². The number of hydrogen-bond acceptors (Lipinski definition) is 3. The van der Waals surface area contributed by atoms with Gasteiger partial charge >= 0.3 is 10.4 Å². The lowest BCUT2D eigenvalue weighted by Gasteiger charge is -2.12. The minimum Gasteiger partial charge on any atom is -0.264 e. The van der Waals surface area contributed by atoms with Crippen LogP contribution in [0.1, 0.15) is 200 Å². The van der Waals surface area contributed by atoms with Crippen molar-refractivity contribution in [2.45, 2.75) is 200 Å². The molecule has 0 bridgehead atoms. The van der Waals surface area contributed by atoms with E-state index in [1.54, 1.807) is 0 Å². The summed E-state index contributed by atoms with van der Waals surface area (Å²) in [4.78, 5) is 0. The smallest absolute Gasteiger partial charge is 0.264 e. The van der Waals surface area contributed by atoms with Crippen LogP contribution >= 0.6 is 0 Å². The van der Waals surface area contributed by atoms with Crippen molar-refractivity contribution in [1.82, 2.24) is 0 Å². The molecular weight excluding hydrogens is 516 g/mol. The normalized spacial score (nSPS) is 13.0. The highest BCUT2D eigenvalue weighted by molar-refractivity contribution is 7.80. The van der Waals surface area contributed by atoms with Crippen LogP contribution in [-0.4, -0.2) is 19.6 Å². The molecule has 0 fully saturated rings. The van der Waals surface area contributed by atoms with E-state index < -0.39 is 10.4 Å². The minimum absolute atomic E-state index is 0.0471. The maximum atomic E-state index is 11.0. The maximum Gasteiger partial charge on any atom is 0.397 e. The predicted octanol–water partition coefficient (Wildman–Crippen LogP) is 12.3. The summed E-state index contributed by atoms with van der Waals surface area (Å²) in [7, 11) is -4.37. The van der Waals surface area contributed by atoms with Crippen LogP contribution in [0.5, 0.6) is 0 Å². The Morgan fingerprint density at radius 1 is 0.525 bits per heavy atom. The first kappa shape index (κ1) is 39.6. The Hall–Kier alpha value is -0.390. The molecule has 0 spiro atoms. The monoisotopic (exact) mass is 586 g/mol. The predicted molar refractivity (Wildman–Crippen MR) is 175 cm³/mol. The Morgan fingerprint density at radius 3 is 1.20 bits per heavy atom. The molecule has 0 radical (unpaired) electrons. The summed E-state index contributed by atoms with van der Waals surface area (Å²) in [5, 5.41) is 0. The summed E-state index contributed by atoms with van der Waals surface area (Å²) in [6.07, 6.45) is 42.8. The average molecular weight is 587 g/mol. The molecule has 1 N–H and O–H groups in total. The fraction of sp³-hybridized carbons (Fsp3) is 0.943. The van der Waals surface area contributed by atoms with Crippen LogP contribution in [0.15, 0.2) is 12.2 Å². The van der Waals surface area contributed by atoms with Crippen molar-refractivity contribution in [1.29, 1.82) is 0 Å². The number of hydrogen-bond donors (Lipinski definition) is 1. The molecule has 4 nitrogen and oxygen atoms in total. The minimum atomic E-state index is -4.37. The Labute approximate surface area is 251 Å². The van der Waals surface area contributed by atoms with Gasteiger partial charge in [0.15, 0.2) is 0 Å². The molecule has 0 aromatic rings. The average Bonchev–Trinajstić information content (AvgIpc) is 2.93. The molecule has 0 aliphatic rings. The van der Waals surface area contributed by atoms with Gasteiger partial charge in [0, 0.05) is 5.92 Å². The summed E-state index contributed by atoms with van der Waals surface area (Å²) in [6, 6.07) is 0. The molecule has 0 amide bonds. The van der Waals surface area contributed by atoms with Gasteiger partial charge in [-0.15, -0.1) is 0 Å². The third kappa shape index (κ3) is 33.8. The molecule has 0 aliphatic carbocycles. The number of rotatable bonds is 33. The van der Waals surface area contributed by atoms with Gasteiger partial charge in [-0.2, -0.15) is 8.42 Å². The van der Waals surface area contributed by atoms with E-state index in [1.165, 1.54) is 167 Å². The first-order valence-electron chi connectivity index (χ1n) is 17.8. The lowest BCUT2D eigenvalue weighted by molar-refractivity contribution is 0.234. The van der Waals surface area contributed by atoms with Gasteiger partial charge in [0.05, 0.1) is 6.61 Å². The molecule has 0 aromatic heterocycles. The van der Waals surface area contributed by atoms with E-state index in [-0.39, 0.29) is 12.5 Å². The van der Waals surface area contributed by atoms with Crippen molar-refractivity contribution in [2.24, 2.45) is 5.92 Å². The molecule has 1 unspecified atom stereocenters. The van der Waals surface area contributed by atoms with Gasteiger partial charge in [0.25, 0.3) is 0 Å². The van der Waals surface area contributed by atoms with E-state index in [1.807, 2.05) is 0 Å². The molecule has 0 saturated carbocycles. The summed E-state index contributed by atoms with van der Waals surface area (Å²) in [5.74, 6) is 0.0574. The topological polar surface area (TPSA) is 63.6 Å². The van der Waals surface area contributed by atoms with Gasteiger partial charge in [0.1, 0.15) is 0 Å². The Balaban J connectivity index is 3.67. The van der Waals surface area contributed by atoms with Gasteiger partial charge in [-0.25, -0.2) is 4.18 Å². The molecule has 0 aliphatic heterocycles. The standard InChI is InChI=1S/C35H70O4S/c1-3-5-7-9-11-13-14-15-16-17-18-19-20-21-22-23-25-27-29-31-33-35(34-39-40(36,37)38)32-30-28-26-24-12-10-8-6-4-2/h31,33,35H,3-30,32,34H2,1-2H3,(H,36,37,38)/b33-31+. The zero-order valence-electron chi connectivity index (χ0n) is 27.0. The van der Waals surface area contributed by atoms with Crippen molar-refractivity contribution in [2.75, 3.05) is 6.61 Å². The quantitative estimate of drug-likeness (QED) is 0.0472. The van der Waals surface area contributed by atoms with Crippen LogP contribution < -0.4 is 0 Å². The van der Waals surface area contributed by atoms with E-state index in [9.17, 15) is 8.42 Å². The van der Waals surface area contributed by atoms with Gasteiger partial charge in [-0.3, -0.25) is 4.55 Å². The van der Waals surface area contributed by atoms with E-state index in [4.69, 9.17) is 8.74 Å². The third-order valence-corrected chi connectivity index (χ3v) is 8.68. The Kier molecular flexibility index (Phi) is 31.2. The van der Waals surface area contributed by atoms with Crippen molar-refractivity contribution in [3.8, 4) is 0 Å². The highest BCUT2D eigenvalue weighted by Gasteiger charge is 2.11. The van der Waals surface area contributed by atoms with E-state index in [0.717, 1.165) is 19.3 Å². The van der Waals surface area contributed by atoms with Gasteiger partial charge < -0.3 is 0 Å². The lowest BCUT2D eigenvalue weighted by atomic mass is 9.99. The van der Waals surface area contributed by atoms with Gasteiger partial charge in [-0.1, -0.05) is 193 Å². The molecule has 0 rings (SSSR count).